The normalized spacial score (nSPS) is 9.86. The van der Waals surface area contributed by atoms with Gasteiger partial charge in [-0.15, -0.1) is 0 Å². The maximum absolute atomic E-state index is 8.85. The van der Waals surface area contributed by atoms with Crippen LogP contribution in [0, 0.1) is 6.61 Å². The monoisotopic (exact) mass is 364 g/mol. The summed E-state index contributed by atoms with van der Waals surface area (Å²) in [7, 11) is 0. The maximum atomic E-state index is 8.85. The molecule has 0 aliphatic carbocycles. The van der Waals surface area contributed by atoms with Crippen LogP contribution in [-0.4, -0.2) is 24.6 Å². The predicted octanol–water partition coefficient (Wildman–Crippen LogP) is 0.726. The third-order valence-electron chi connectivity index (χ3n) is 1.89. The summed E-state index contributed by atoms with van der Waals surface area (Å²) in [6, 6.07) is 0. The Kier molecular flexibility index (Phi) is 3.58. The predicted molar refractivity (Wildman–Crippen MR) is 46.3 cm³/mol. The Balaban J connectivity index is 0.000000980. The Morgan fingerprint density at radius 1 is 1.43 bits per heavy atom. The molecular formula is C8H9N4ORe-. The molecule has 5 nitrogen and oxygen atoms in total. The van der Waals surface area contributed by atoms with Gasteiger partial charge in [0, 0.05) is 27.0 Å². The third-order valence-corrected chi connectivity index (χ3v) is 1.89. The van der Waals surface area contributed by atoms with Crippen LogP contribution in [0.4, 0.5) is 0 Å². The number of hydrogen-bond acceptors (Lipinski definition) is 4. The van der Waals surface area contributed by atoms with Gasteiger partial charge in [-0.05, 0) is 18.1 Å². The van der Waals surface area contributed by atoms with Gasteiger partial charge in [-0.1, -0.05) is 6.61 Å². The second-order valence-corrected chi connectivity index (χ2v) is 2.59. The zero-order chi connectivity index (χ0) is 9.26. The van der Waals surface area contributed by atoms with E-state index in [4.69, 9.17) is 5.11 Å². The molecule has 75 valence electrons. The molecule has 1 N–H and O–H groups in total. The molecule has 0 aromatic carbocycles. The Labute approximate surface area is 94.9 Å². The Bertz CT molecular complexity index is 428. The second kappa shape index (κ2) is 4.51. The fraction of sp³-hybridized carbons (Fsp3) is 0.250. The van der Waals surface area contributed by atoms with E-state index in [0.29, 0.717) is 11.2 Å². The molecule has 0 bridgehead atoms. The summed E-state index contributed by atoms with van der Waals surface area (Å²) >= 11 is 0. The molecule has 2 heterocycles. The van der Waals surface area contributed by atoms with Gasteiger partial charge < -0.3 is 14.7 Å². The molecule has 2 aromatic rings. The molecule has 0 atom stereocenters. The average Bonchev–Trinajstić information content (AvgIpc) is 2.60. The number of aromatic nitrogens is 4. The van der Waals surface area contributed by atoms with Crippen LogP contribution >= 0.6 is 0 Å². The number of aliphatic hydroxyl groups excluding tert-OH is 1. The SMILES string of the molecule is CCn1cnc2c([CH-]O)ncnc21.[Re]. The molecule has 0 saturated heterocycles. The van der Waals surface area contributed by atoms with Gasteiger partial charge in [0.1, 0.15) is 6.33 Å². The molecule has 6 heteroatoms. The molecule has 2 aromatic heterocycles. The molecule has 2 rings (SSSR count). The van der Waals surface area contributed by atoms with Crippen molar-refractivity contribution in [2.24, 2.45) is 0 Å². The largest absolute Gasteiger partial charge is 0.456 e. The van der Waals surface area contributed by atoms with Crippen LogP contribution in [0.3, 0.4) is 0 Å². The molecule has 0 unspecified atom stereocenters. The van der Waals surface area contributed by atoms with Crippen molar-refractivity contribution >= 4 is 11.2 Å². The third kappa shape index (κ3) is 1.64. The van der Waals surface area contributed by atoms with Crippen molar-refractivity contribution < 1.29 is 25.5 Å². The summed E-state index contributed by atoms with van der Waals surface area (Å²) in [6.07, 6.45) is 3.10. The smallest absolute Gasteiger partial charge is 0.113 e. The first-order valence-electron chi connectivity index (χ1n) is 4.00. The minimum atomic E-state index is 0. The maximum Gasteiger partial charge on any atom is 0.113 e. The number of rotatable bonds is 2. The van der Waals surface area contributed by atoms with Crippen molar-refractivity contribution in [1.29, 1.82) is 0 Å². The molecule has 0 aliphatic heterocycles. The first kappa shape index (κ1) is 11.1. The minimum Gasteiger partial charge on any atom is -0.456 e. The standard InChI is InChI=1S/C8H9N4O.Re/c1-2-12-5-11-7-6(3-13)9-4-10-8(7)12;/h3-5,13H,2H2,1H3;/q-1;. The van der Waals surface area contributed by atoms with Gasteiger partial charge in [0.15, 0.2) is 0 Å². The van der Waals surface area contributed by atoms with Crippen LogP contribution in [0.1, 0.15) is 12.6 Å². The summed E-state index contributed by atoms with van der Waals surface area (Å²) in [5.41, 5.74) is 1.84. The zero-order valence-corrected chi connectivity index (χ0v) is 10.3. The summed E-state index contributed by atoms with van der Waals surface area (Å²) in [5, 5.41) is 8.85. The van der Waals surface area contributed by atoms with Gasteiger partial charge in [-0.25, -0.2) is 4.98 Å². The number of aliphatic hydroxyl groups is 1. The first-order chi connectivity index (χ1) is 6.36. The van der Waals surface area contributed by atoms with Gasteiger partial charge in [0.05, 0.1) is 12.0 Å². The van der Waals surface area contributed by atoms with E-state index in [2.05, 4.69) is 15.0 Å². The number of aryl methyl sites for hydroxylation is 1. The van der Waals surface area contributed by atoms with E-state index < -0.39 is 0 Å². The summed E-state index contributed by atoms with van der Waals surface area (Å²) in [5.74, 6) is 0. The van der Waals surface area contributed by atoms with Crippen LogP contribution < -0.4 is 0 Å². The fourth-order valence-electron chi connectivity index (χ4n) is 1.22. The molecule has 14 heavy (non-hydrogen) atoms. The van der Waals surface area contributed by atoms with E-state index in [0.717, 1.165) is 18.8 Å². The van der Waals surface area contributed by atoms with Crippen LogP contribution in [0.2, 0.25) is 0 Å². The molecule has 1 radical (unpaired) electrons. The van der Waals surface area contributed by atoms with E-state index in [1.54, 1.807) is 6.33 Å². The zero-order valence-electron chi connectivity index (χ0n) is 7.55. The summed E-state index contributed by atoms with van der Waals surface area (Å²) in [6.45, 7) is 3.75. The van der Waals surface area contributed by atoms with E-state index >= 15 is 0 Å². The minimum absolute atomic E-state index is 0. The number of hydrogen-bond donors (Lipinski definition) is 1. The number of fused-ring (bicyclic) bond motifs is 1. The van der Waals surface area contributed by atoms with Gasteiger partial charge in [-0.3, -0.25) is 4.98 Å². The molecule has 0 amide bonds. The summed E-state index contributed by atoms with van der Waals surface area (Å²) < 4.78 is 1.89. The fourth-order valence-corrected chi connectivity index (χ4v) is 1.22. The van der Waals surface area contributed by atoms with Crippen LogP contribution in [-0.2, 0) is 27.0 Å². The van der Waals surface area contributed by atoms with Gasteiger partial charge in [0.25, 0.3) is 0 Å². The number of imidazole rings is 1. The van der Waals surface area contributed by atoms with Gasteiger partial charge in [0.2, 0.25) is 0 Å². The van der Waals surface area contributed by atoms with Crippen LogP contribution in [0.15, 0.2) is 12.7 Å². The first-order valence-corrected chi connectivity index (χ1v) is 4.00. The van der Waals surface area contributed by atoms with E-state index in [-0.39, 0.29) is 20.4 Å². The Morgan fingerprint density at radius 3 is 2.86 bits per heavy atom. The van der Waals surface area contributed by atoms with E-state index in [1.165, 1.54) is 6.33 Å². The molecule has 0 fully saturated rings. The van der Waals surface area contributed by atoms with Crippen molar-refractivity contribution in [2.45, 2.75) is 13.5 Å². The molecule has 0 saturated carbocycles. The Hall–Kier alpha value is -0.958. The second-order valence-electron chi connectivity index (χ2n) is 2.59. The van der Waals surface area contributed by atoms with E-state index in [9.17, 15) is 0 Å². The van der Waals surface area contributed by atoms with Gasteiger partial charge in [-0.2, -0.15) is 0 Å². The summed E-state index contributed by atoms with van der Waals surface area (Å²) in [4.78, 5) is 12.1. The van der Waals surface area contributed by atoms with Crippen LogP contribution in [0.25, 0.3) is 11.2 Å². The van der Waals surface area contributed by atoms with Crippen molar-refractivity contribution in [3.05, 3.63) is 25.0 Å². The van der Waals surface area contributed by atoms with Crippen LogP contribution in [0.5, 0.6) is 0 Å². The van der Waals surface area contributed by atoms with Crippen molar-refractivity contribution in [2.75, 3.05) is 0 Å². The topological polar surface area (TPSA) is 63.8 Å². The van der Waals surface area contributed by atoms with Gasteiger partial charge >= 0.3 is 0 Å². The van der Waals surface area contributed by atoms with Crippen molar-refractivity contribution in [1.82, 2.24) is 19.5 Å². The van der Waals surface area contributed by atoms with Crippen molar-refractivity contribution in [3.63, 3.8) is 0 Å². The molecule has 0 aliphatic rings. The van der Waals surface area contributed by atoms with Crippen molar-refractivity contribution in [3.8, 4) is 0 Å². The van der Waals surface area contributed by atoms with E-state index in [1.807, 2.05) is 11.5 Å². The molecule has 0 spiro atoms. The Morgan fingerprint density at radius 2 is 2.21 bits per heavy atom. The number of nitrogens with zero attached hydrogens (tertiary/aromatic N) is 4. The molecular weight excluding hydrogens is 354 g/mol. The average molecular weight is 363 g/mol. The quantitative estimate of drug-likeness (QED) is 0.799.